The second-order valence-corrected chi connectivity index (χ2v) is 6.52. The van der Waals surface area contributed by atoms with Gasteiger partial charge in [0.15, 0.2) is 0 Å². The molecule has 0 radical (unpaired) electrons. The maximum atomic E-state index is 12.4. The summed E-state index contributed by atoms with van der Waals surface area (Å²) in [7, 11) is 0. The number of hydrogen-bond donors (Lipinski definition) is 0. The smallest absolute Gasteiger partial charge is 0.411 e. The molecule has 21 heavy (non-hydrogen) atoms. The zero-order valence-corrected chi connectivity index (χ0v) is 13.5. The Morgan fingerprint density at radius 1 is 1.24 bits per heavy atom. The van der Waals surface area contributed by atoms with Crippen molar-refractivity contribution in [3.05, 3.63) is 35.9 Å². The van der Waals surface area contributed by atoms with Gasteiger partial charge in [0.05, 0.1) is 0 Å². The van der Waals surface area contributed by atoms with Gasteiger partial charge in [0, 0.05) is 6.54 Å². The summed E-state index contributed by atoms with van der Waals surface area (Å²) in [6.07, 6.45) is 0.332. The average molecular weight is 291 g/mol. The van der Waals surface area contributed by atoms with Crippen LogP contribution in [0.5, 0.6) is 0 Å². The lowest BCUT2D eigenvalue weighted by molar-refractivity contribution is -0.112. The maximum absolute atomic E-state index is 12.4. The van der Waals surface area contributed by atoms with Gasteiger partial charge in [-0.15, -0.1) is 0 Å². The van der Waals surface area contributed by atoms with Crippen LogP contribution in [0, 0.1) is 5.92 Å². The molecule has 1 aromatic carbocycles. The largest absolute Gasteiger partial charge is 0.444 e. The number of hydrogen-bond acceptors (Lipinski definition) is 3. The Balaban J connectivity index is 3.05. The topological polar surface area (TPSA) is 46.6 Å². The number of carbonyl (C=O) groups is 2. The lowest BCUT2D eigenvalue weighted by Crippen LogP contribution is -2.41. The van der Waals surface area contributed by atoms with Gasteiger partial charge in [0.2, 0.25) is 0 Å². The van der Waals surface area contributed by atoms with Gasteiger partial charge in [-0.2, -0.15) is 0 Å². The van der Waals surface area contributed by atoms with E-state index in [1.54, 1.807) is 0 Å². The molecular formula is C17H25NO3. The van der Waals surface area contributed by atoms with Crippen LogP contribution in [0.15, 0.2) is 30.3 Å². The summed E-state index contributed by atoms with van der Waals surface area (Å²) in [5.41, 5.74) is 0.204. The first-order valence-corrected chi connectivity index (χ1v) is 7.24. The molecule has 0 saturated heterocycles. The molecule has 0 fully saturated rings. The summed E-state index contributed by atoms with van der Waals surface area (Å²) in [5.74, 6) is 0.240. The third-order valence-corrected chi connectivity index (χ3v) is 2.80. The van der Waals surface area contributed by atoms with E-state index in [0.717, 1.165) is 11.8 Å². The van der Waals surface area contributed by atoms with Crippen molar-refractivity contribution < 1.29 is 14.3 Å². The van der Waals surface area contributed by atoms with Gasteiger partial charge in [-0.1, -0.05) is 44.2 Å². The molecule has 0 saturated carbocycles. The number of amides is 1. The highest BCUT2D eigenvalue weighted by molar-refractivity contribution is 5.75. The minimum Gasteiger partial charge on any atom is -0.444 e. The summed E-state index contributed by atoms with van der Waals surface area (Å²) in [6, 6.07) is 8.66. The number of rotatable bonds is 5. The first-order chi connectivity index (χ1) is 9.74. The van der Waals surface area contributed by atoms with Crippen LogP contribution < -0.4 is 0 Å². The van der Waals surface area contributed by atoms with Gasteiger partial charge in [-0.05, 0) is 32.3 Å². The predicted octanol–water partition coefficient (Wildman–Crippen LogP) is 3.82. The Labute approximate surface area is 127 Å². The zero-order chi connectivity index (χ0) is 16.0. The van der Waals surface area contributed by atoms with E-state index < -0.39 is 17.7 Å². The quantitative estimate of drug-likeness (QED) is 0.775. The fourth-order valence-corrected chi connectivity index (χ4v) is 2.00. The minimum absolute atomic E-state index is 0.240. The Morgan fingerprint density at radius 3 is 2.24 bits per heavy atom. The molecule has 0 spiro atoms. The molecule has 4 heteroatoms. The van der Waals surface area contributed by atoms with Crippen molar-refractivity contribution in [2.45, 2.75) is 46.3 Å². The van der Waals surface area contributed by atoms with E-state index in [2.05, 4.69) is 0 Å². The van der Waals surface area contributed by atoms with Crippen molar-refractivity contribution in [3.63, 3.8) is 0 Å². The van der Waals surface area contributed by atoms with Gasteiger partial charge in [-0.25, -0.2) is 4.79 Å². The summed E-state index contributed by atoms with van der Waals surface area (Å²) < 4.78 is 5.43. The summed E-state index contributed by atoms with van der Waals surface area (Å²) >= 11 is 0. The SMILES string of the molecule is CC(C)CN(C(=O)OC(C)(C)C)C(C=O)c1ccccc1. The maximum Gasteiger partial charge on any atom is 0.411 e. The molecule has 1 atom stereocenters. The fraction of sp³-hybridized carbons (Fsp3) is 0.529. The molecule has 1 aromatic rings. The average Bonchev–Trinajstić information content (AvgIpc) is 2.37. The molecule has 0 aromatic heterocycles. The minimum atomic E-state index is -0.622. The molecule has 0 aliphatic carbocycles. The van der Waals surface area contributed by atoms with Crippen molar-refractivity contribution in [1.82, 2.24) is 4.90 Å². The zero-order valence-electron chi connectivity index (χ0n) is 13.5. The van der Waals surface area contributed by atoms with Gasteiger partial charge < -0.3 is 9.53 Å². The van der Waals surface area contributed by atoms with Crippen LogP contribution in [-0.4, -0.2) is 29.4 Å². The molecule has 1 unspecified atom stereocenters. The molecule has 0 N–H and O–H groups in total. The van der Waals surface area contributed by atoms with Crippen LogP contribution in [0.1, 0.15) is 46.2 Å². The van der Waals surface area contributed by atoms with Gasteiger partial charge >= 0.3 is 6.09 Å². The summed E-state index contributed by atoms with van der Waals surface area (Å²) in [5, 5.41) is 0. The Bertz CT molecular complexity index is 463. The Morgan fingerprint density at radius 2 is 1.81 bits per heavy atom. The van der Waals surface area contributed by atoms with E-state index in [1.807, 2.05) is 65.0 Å². The third kappa shape index (κ3) is 5.58. The number of aldehydes is 1. The van der Waals surface area contributed by atoms with E-state index in [4.69, 9.17) is 4.74 Å². The molecule has 0 heterocycles. The number of nitrogens with zero attached hydrogens (tertiary/aromatic N) is 1. The Hall–Kier alpha value is -1.84. The molecule has 0 aliphatic rings. The van der Waals surface area contributed by atoms with E-state index >= 15 is 0 Å². The lowest BCUT2D eigenvalue weighted by atomic mass is 10.1. The fourth-order valence-electron chi connectivity index (χ4n) is 2.00. The molecular weight excluding hydrogens is 266 g/mol. The standard InChI is InChI=1S/C17H25NO3/c1-13(2)11-18(16(20)21-17(3,4)5)15(12-19)14-9-7-6-8-10-14/h6-10,12-13,15H,11H2,1-5H3. The van der Waals surface area contributed by atoms with Crippen molar-refractivity contribution in [1.29, 1.82) is 0 Å². The van der Waals surface area contributed by atoms with Crippen LogP contribution in [0.25, 0.3) is 0 Å². The molecule has 116 valence electrons. The highest BCUT2D eigenvalue weighted by atomic mass is 16.6. The van der Waals surface area contributed by atoms with E-state index in [9.17, 15) is 9.59 Å². The predicted molar refractivity (Wildman–Crippen MR) is 83.0 cm³/mol. The van der Waals surface area contributed by atoms with Crippen molar-refractivity contribution >= 4 is 12.4 Å². The first-order valence-electron chi connectivity index (χ1n) is 7.24. The third-order valence-electron chi connectivity index (χ3n) is 2.80. The highest BCUT2D eigenvalue weighted by Crippen LogP contribution is 2.22. The van der Waals surface area contributed by atoms with Crippen LogP contribution >= 0.6 is 0 Å². The van der Waals surface area contributed by atoms with E-state index in [-0.39, 0.29) is 5.92 Å². The second-order valence-electron chi connectivity index (χ2n) is 6.52. The molecule has 1 amide bonds. The monoisotopic (exact) mass is 291 g/mol. The molecule has 1 rings (SSSR count). The van der Waals surface area contributed by atoms with Gasteiger partial charge in [0.1, 0.15) is 17.9 Å². The summed E-state index contributed by atoms with van der Waals surface area (Å²) in [4.78, 5) is 25.5. The first kappa shape index (κ1) is 17.2. The van der Waals surface area contributed by atoms with Crippen molar-refractivity contribution in [3.8, 4) is 0 Å². The van der Waals surface area contributed by atoms with Crippen LogP contribution in [0.3, 0.4) is 0 Å². The van der Waals surface area contributed by atoms with Crippen LogP contribution in [0.4, 0.5) is 4.79 Å². The molecule has 4 nitrogen and oxygen atoms in total. The second kappa shape index (κ2) is 7.25. The lowest BCUT2D eigenvalue weighted by Gasteiger charge is -2.32. The van der Waals surface area contributed by atoms with E-state index in [1.165, 1.54) is 4.90 Å². The van der Waals surface area contributed by atoms with Crippen molar-refractivity contribution in [2.75, 3.05) is 6.54 Å². The van der Waals surface area contributed by atoms with Crippen molar-refractivity contribution in [2.24, 2.45) is 5.92 Å². The molecule has 0 aliphatic heterocycles. The number of benzene rings is 1. The number of ether oxygens (including phenoxy) is 1. The van der Waals surface area contributed by atoms with Crippen LogP contribution in [0.2, 0.25) is 0 Å². The molecule has 0 bridgehead atoms. The highest BCUT2D eigenvalue weighted by Gasteiger charge is 2.29. The van der Waals surface area contributed by atoms with Crippen LogP contribution in [-0.2, 0) is 9.53 Å². The van der Waals surface area contributed by atoms with E-state index in [0.29, 0.717) is 6.54 Å². The summed E-state index contributed by atoms with van der Waals surface area (Å²) in [6.45, 7) is 9.92. The van der Waals surface area contributed by atoms with Gasteiger partial charge in [0.25, 0.3) is 0 Å². The normalized spacial score (nSPS) is 12.9. The van der Waals surface area contributed by atoms with Gasteiger partial charge in [-0.3, -0.25) is 4.90 Å². The Kier molecular flexibility index (Phi) is 5.94. The number of carbonyl (C=O) groups excluding carboxylic acids is 2.